The van der Waals surface area contributed by atoms with Crippen molar-refractivity contribution in [2.75, 3.05) is 0 Å². The first-order valence-corrected chi connectivity index (χ1v) is 6.43. The molecule has 4 aromatic rings. The van der Waals surface area contributed by atoms with E-state index in [9.17, 15) is 0 Å². The first-order valence-electron chi connectivity index (χ1n) is 5.61. The third-order valence-electron chi connectivity index (χ3n) is 2.61. The molecule has 0 atom stereocenters. The van der Waals surface area contributed by atoms with Crippen LogP contribution in [-0.4, -0.2) is 35.5 Å². The van der Waals surface area contributed by atoms with Crippen LogP contribution in [0.5, 0.6) is 0 Å². The summed E-state index contributed by atoms with van der Waals surface area (Å²) in [5.41, 5.74) is 2.05. The molecule has 1 radical (unpaired) electrons. The molecule has 0 fully saturated rings. The molecule has 0 saturated heterocycles. The van der Waals surface area contributed by atoms with Crippen molar-refractivity contribution >= 4 is 11.3 Å². The molecule has 4 heterocycles. The van der Waals surface area contributed by atoms with Gasteiger partial charge in [-0.1, -0.05) is 5.16 Å². The summed E-state index contributed by atoms with van der Waals surface area (Å²) in [6, 6.07) is 4.76. The highest BCUT2D eigenvalue weighted by Gasteiger charge is 2.20. The lowest BCUT2D eigenvalue weighted by Crippen LogP contribution is -1.83. The fourth-order valence-electron chi connectivity index (χ4n) is 1.76. The molecule has 2 N–H and O–H groups in total. The second kappa shape index (κ2) is 4.38. The Balaban J connectivity index is 1.92. The number of hydrogen-bond acceptors (Lipinski definition) is 7. The minimum atomic E-state index is 0.539. The van der Waals surface area contributed by atoms with E-state index in [1.807, 2.05) is 6.07 Å². The molecule has 4 rings (SSSR count). The summed E-state index contributed by atoms with van der Waals surface area (Å²) in [5, 5.41) is 19.2. The highest BCUT2D eigenvalue weighted by molar-refractivity contribution is 7.18. The maximum absolute atomic E-state index is 4.84. The first-order chi connectivity index (χ1) is 9.92. The van der Waals surface area contributed by atoms with Crippen LogP contribution in [0.4, 0.5) is 0 Å². The van der Waals surface area contributed by atoms with E-state index in [1.54, 1.807) is 6.20 Å². The smallest absolute Gasteiger partial charge is 0.190 e. The summed E-state index contributed by atoms with van der Waals surface area (Å²) in [7, 11) is 0. The average Bonchev–Trinajstić information content (AvgIpc) is 3.22. The molecule has 0 saturated carbocycles. The Morgan fingerprint density at radius 1 is 1.35 bits per heavy atom. The third kappa shape index (κ3) is 1.72. The predicted molar refractivity (Wildman–Crippen MR) is 69.4 cm³/mol. The Hall–Kier alpha value is -2.81. The number of rotatable bonds is 3. The fraction of sp³-hybridized carbons (Fsp3) is 0. The van der Waals surface area contributed by atoms with Crippen molar-refractivity contribution in [3.05, 3.63) is 30.9 Å². The summed E-state index contributed by atoms with van der Waals surface area (Å²) in [6.07, 6.45) is 4.58. The molecule has 97 valence electrons. The number of H-pyrrole nitrogens is 2. The lowest BCUT2D eigenvalue weighted by Gasteiger charge is -1.93. The van der Waals surface area contributed by atoms with Gasteiger partial charge in [0.15, 0.2) is 10.8 Å². The van der Waals surface area contributed by atoms with E-state index >= 15 is 0 Å². The van der Waals surface area contributed by atoms with E-state index in [4.69, 9.17) is 4.52 Å². The van der Waals surface area contributed by atoms with Crippen molar-refractivity contribution in [3.8, 4) is 32.8 Å². The second-order valence-electron chi connectivity index (χ2n) is 3.81. The van der Waals surface area contributed by atoms with Gasteiger partial charge in [-0.05, 0) is 6.07 Å². The van der Waals surface area contributed by atoms with Gasteiger partial charge >= 0.3 is 0 Å². The van der Waals surface area contributed by atoms with Gasteiger partial charge in [0, 0.05) is 6.20 Å². The number of thiazole rings is 1. The zero-order valence-electron chi connectivity index (χ0n) is 9.86. The molecule has 0 aliphatic carbocycles. The van der Waals surface area contributed by atoms with Crippen molar-refractivity contribution in [1.29, 1.82) is 0 Å². The molecule has 0 bridgehead atoms. The Kier molecular flexibility index (Phi) is 2.42. The van der Waals surface area contributed by atoms with Crippen LogP contribution >= 0.6 is 11.3 Å². The fourth-order valence-corrected chi connectivity index (χ4v) is 2.75. The molecule has 0 aliphatic rings. The highest BCUT2D eigenvalue weighted by atomic mass is 32.1. The highest BCUT2D eigenvalue weighted by Crippen LogP contribution is 2.37. The van der Waals surface area contributed by atoms with Crippen LogP contribution < -0.4 is 0 Å². The number of hydrogen-bond donors (Lipinski definition) is 2. The Morgan fingerprint density at radius 2 is 2.35 bits per heavy atom. The minimum Gasteiger partial charge on any atom is -0.363 e. The van der Waals surface area contributed by atoms with Crippen molar-refractivity contribution < 1.29 is 4.52 Å². The first kappa shape index (κ1) is 11.1. The van der Waals surface area contributed by atoms with Gasteiger partial charge in [0.1, 0.15) is 24.0 Å². The largest absolute Gasteiger partial charge is 0.363 e. The summed E-state index contributed by atoms with van der Waals surface area (Å²) < 4.78 is 4.84. The van der Waals surface area contributed by atoms with Gasteiger partial charge in [-0.2, -0.15) is 5.10 Å². The number of aromatic nitrogens is 7. The van der Waals surface area contributed by atoms with Crippen molar-refractivity contribution in [3.63, 3.8) is 0 Å². The topological polar surface area (TPSA) is 109 Å². The van der Waals surface area contributed by atoms with Crippen LogP contribution in [-0.2, 0) is 0 Å². The zero-order chi connectivity index (χ0) is 13.4. The van der Waals surface area contributed by atoms with Gasteiger partial charge in [0.25, 0.3) is 0 Å². The standard InChI is InChI=1S/C11H6N7OS/c1-3-13-16-7(1)9-8(6-2-4-19-18-6)15-11(20-9)10-12-5-14-17-10/h1,3-5H,(H,13,16)(H,12,14,17). The van der Waals surface area contributed by atoms with E-state index in [-0.39, 0.29) is 0 Å². The Bertz CT molecular complexity index is 750. The molecule has 0 aromatic carbocycles. The van der Waals surface area contributed by atoms with Crippen molar-refractivity contribution in [1.82, 2.24) is 35.5 Å². The monoisotopic (exact) mass is 284 g/mol. The molecule has 0 spiro atoms. The van der Waals surface area contributed by atoms with E-state index in [2.05, 4.69) is 41.6 Å². The number of nitrogens with one attached hydrogen (secondary N) is 2. The van der Waals surface area contributed by atoms with Gasteiger partial charge in [-0.25, -0.2) is 4.98 Å². The maximum atomic E-state index is 4.84. The van der Waals surface area contributed by atoms with Crippen molar-refractivity contribution in [2.45, 2.75) is 0 Å². The van der Waals surface area contributed by atoms with Crippen LogP contribution in [0.3, 0.4) is 0 Å². The minimum absolute atomic E-state index is 0.539. The van der Waals surface area contributed by atoms with Crippen LogP contribution in [0.1, 0.15) is 0 Å². The number of nitrogens with zero attached hydrogens (tertiary/aromatic N) is 5. The number of aromatic amines is 2. The average molecular weight is 284 g/mol. The zero-order valence-corrected chi connectivity index (χ0v) is 10.7. The Labute approximate surface area is 115 Å². The van der Waals surface area contributed by atoms with E-state index in [0.717, 1.165) is 10.6 Å². The summed E-state index contributed by atoms with van der Waals surface area (Å²) >= 11 is 1.46. The molecule has 4 aromatic heterocycles. The predicted octanol–water partition coefficient (Wildman–Crippen LogP) is 1.77. The molecular formula is C11H6N7OS. The van der Waals surface area contributed by atoms with Gasteiger partial charge in [0.05, 0.1) is 16.6 Å². The van der Waals surface area contributed by atoms with Gasteiger partial charge in [-0.15, -0.1) is 21.5 Å². The molecule has 0 amide bonds. The Morgan fingerprint density at radius 3 is 3.05 bits per heavy atom. The van der Waals surface area contributed by atoms with Gasteiger partial charge in [-0.3, -0.25) is 5.10 Å². The van der Waals surface area contributed by atoms with Crippen LogP contribution in [0.15, 0.2) is 29.4 Å². The molecule has 8 nitrogen and oxygen atoms in total. The molecule has 9 heteroatoms. The normalized spacial score (nSPS) is 11.0. The second-order valence-corrected chi connectivity index (χ2v) is 4.81. The third-order valence-corrected chi connectivity index (χ3v) is 3.70. The van der Waals surface area contributed by atoms with Gasteiger partial charge < -0.3 is 9.51 Å². The van der Waals surface area contributed by atoms with Crippen LogP contribution in [0, 0.1) is 6.07 Å². The quantitative estimate of drug-likeness (QED) is 0.593. The molecule has 0 unspecified atom stereocenters. The lowest BCUT2D eigenvalue weighted by molar-refractivity contribution is 0.422. The van der Waals surface area contributed by atoms with Crippen LogP contribution in [0.25, 0.3) is 32.8 Å². The SMILES string of the molecule is [c]1conc1-c1nc(-c2nnc[nH]2)sc1-c1ccn[nH]1. The van der Waals surface area contributed by atoms with E-state index in [0.29, 0.717) is 22.2 Å². The summed E-state index contributed by atoms with van der Waals surface area (Å²) in [5.74, 6) is 0.602. The molecule has 20 heavy (non-hydrogen) atoms. The van der Waals surface area contributed by atoms with E-state index in [1.165, 1.54) is 23.9 Å². The van der Waals surface area contributed by atoms with Gasteiger partial charge in [0.2, 0.25) is 0 Å². The molecular weight excluding hydrogens is 278 g/mol. The van der Waals surface area contributed by atoms with E-state index < -0.39 is 0 Å². The van der Waals surface area contributed by atoms with Crippen molar-refractivity contribution in [2.24, 2.45) is 0 Å². The maximum Gasteiger partial charge on any atom is 0.190 e. The molecule has 0 aliphatic heterocycles. The van der Waals surface area contributed by atoms with Crippen LogP contribution in [0.2, 0.25) is 0 Å². The lowest BCUT2D eigenvalue weighted by atomic mass is 10.2. The summed E-state index contributed by atoms with van der Waals surface area (Å²) in [6.45, 7) is 0. The summed E-state index contributed by atoms with van der Waals surface area (Å²) in [4.78, 5) is 8.35.